The summed E-state index contributed by atoms with van der Waals surface area (Å²) in [6.07, 6.45) is 2.15. The van der Waals surface area contributed by atoms with Gasteiger partial charge in [-0.3, -0.25) is 0 Å². The summed E-state index contributed by atoms with van der Waals surface area (Å²) in [6, 6.07) is -0.291. The van der Waals surface area contributed by atoms with Crippen molar-refractivity contribution in [1.29, 1.82) is 0 Å². The molecule has 1 saturated carbocycles. The third-order valence-corrected chi connectivity index (χ3v) is 4.19. The van der Waals surface area contributed by atoms with Crippen LogP contribution in [0.15, 0.2) is 0 Å². The maximum absolute atomic E-state index is 14.7. The van der Waals surface area contributed by atoms with Gasteiger partial charge in [0.2, 0.25) is 0 Å². The number of nitrogens with zero attached hydrogens (tertiary/aromatic N) is 2. The Labute approximate surface area is 131 Å². The van der Waals surface area contributed by atoms with Crippen molar-refractivity contribution in [2.24, 2.45) is 0 Å². The standard InChI is InChI=1S/C15H17F3N4O/c1-6-20-13-9(15(19)21-6)10(16)11(17)14(12(13)18)22-7-4-3-5-8(7)23-2/h7-8,22H,3-5H2,1-2H3,(H2,19,20,21). The first-order chi connectivity index (χ1) is 10.9. The van der Waals surface area contributed by atoms with Crippen molar-refractivity contribution in [1.82, 2.24) is 9.97 Å². The zero-order valence-corrected chi connectivity index (χ0v) is 12.8. The molecule has 2 unspecified atom stereocenters. The minimum Gasteiger partial charge on any atom is -0.383 e. The van der Waals surface area contributed by atoms with Crippen LogP contribution in [0.4, 0.5) is 24.7 Å². The first kappa shape index (κ1) is 15.8. The highest BCUT2D eigenvalue weighted by Gasteiger charge is 2.31. The van der Waals surface area contributed by atoms with E-state index in [1.807, 2.05) is 0 Å². The SMILES string of the molecule is COC1CCCC1Nc1c(F)c(F)c2c(N)nc(C)nc2c1F. The Bertz CT molecular complexity index is 768. The Balaban J connectivity index is 2.14. The number of nitrogens with two attached hydrogens (primary N) is 1. The number of nitrogen functional groups attached to an aromatic ring is 1. The van der Waals surface area contributed by atoms with E-state index in [1.54, 1.807) is 0 Å². The highest BCUT2D eigenvalue weighted by Crippen LogP contribution is 2.34. The smallest absolute Gasteiger partial charge is 0.185 e. The number of anilines is 2. The van der Waals surface area contributed by atoms with Crippen LogP contribution in [0.1, 0.15) is 25.1 Å². The van der Waals surface area contributed by atoms with Crippen molar-refractivity contribution in [3.05, 3.63) is 23.3 Å². The molecule has 124 valence electrons. The predicted molar refractivity (Wildman–Crippen MR) is 80.6 cm³/mol. The van der Waals surface area contributed by atoms with E-state index < -0.39 is 28.5 Å². The van der Waals surface area contributed by atoms with Crippen LogP contribution in [0, 0.1) is 24.4 Å². The van der Waals surface area contributed by atoms with Gasteiger partial charge in [-0.25, -0.2) is 23.1 Å². The van der Waals surface area contributed by atoms with Gasteiger partial charge in [0.05, 0.1) is 17.5 Å². The molecular formula is C15H17F3N4O. The van der Waals surface area contributed by atoms with E-state index in [0.29, 0.717) is 6.42 Å². The molecule has 0 saturated heterocycles. The first-order valence-electron chi connectivity index (χ1n) is 7.33. The second-order valence-electron chi connectivity index (χ2n) is 5.65. The number of aromatic nitrogens is 2. The third-order valence-electron chi connectivity index (χ3n) is 4.19. The number of aryl methyl sites for hydroxylation is 1. The van der Waals surface area contributed by atoms with Gasteiger partial charge in [-0.2, -0.15) is 0 Å². The number of ether oxygens (including phenoxy) is 1. The second-order valence-corrected chi connectivity index (χ2v) is 5.65. The van der Waals surface area contributed by atoms with Crippen LogP contribution in [0.2, 0.25) is 0 Å². The van der Waals surface area contributed by atoms with Crippen LogP contribution >= 0.6 is 0 Å². The number of hydrogen-bond acceptors (Lipinski definition) is 5. The van der Waals surface area contributed by atoms with Crippen molar-refractivity contribution in [2.45, 2.75) is 38.3 Å². The van der Waals surface area contributed by atoms with Gasteiger partial charge in [-0.05, 0) is 26.2 Å². The number of rotatable bonds is 3. The number of halogens is 3. The summed E-state index contributed by atoms with van der Waals surface area (Å²) in [7, 11) is 1.54. The molecule has 2 atom stereocenters. The zero-order chi connectivity index (χ0) is 16.7. The molecule has 1 aliphatic rings. The summed E-state index contributed by atoms with van der Waals surface area (Å²) in [5, 5.41) is 2.30. The lowest BCUT2D eigenvalue weighted by Crippen LogP contribution is -2.30. The van der Waals surface area contributed by atoms with Crippen LogP contribution < -0.4 is 11.1 Å². The quantitative estimate of drug-likeness (QED) is 0.849. The summed E-state index contributed by atoms with van der Waals surface area (Å²) in [5.74, 6) is -3.66. The number of hydrogen-bond donors (Lipinski definition) is 2. The maximum Gasteiger partial charge on any atom is 0.185 e. The minimum atomic E-state index is -1.32. The molecule has 23 heavy (non-hydrogen) atoms. The van der Waals surface area contributed by atoms with Crippen LogP contribution in [-0.4, -0.2) is 29.2 Å². The molecule has 0 radical (unpaired) electrons. The summed E-state index contributed by atoms with van der Waals surface area (Å²) in [4.78, 5) is 7.62. The van der Waals surface area contributed by atoms with Gasteiger partial charge in [0.15, 0.2) is 17.5 Å². The Hall–Kier alpha value is -2.09. The zero-order valence-electron chi connectivity index (χ0n) is 12.8. The molecular weight excluding hydrogens is 309 g/mol. The van der Waals surface area contributed by atoms with Gasteiger partial charge in [-0.1, -0.05) is 0 Å². The van der Waals surface area contributed by atoms with E-state index in [2.05, 4.69) is 15.3 Å². The molecule has 0 aliphatic heterocycles. The summed E-state index contributed by atoms with van der Waals surface area (Å²) in [6.45, 7) is 1.50. The molecule has 3 N–H and O–H groups in total. The monoisotopic (exact) mass is 326 g/mol. The molecule has 1 fully saturated rings. The van der Waals surface area contributed by atoms with Crippen molar-refractivity contribution in [3.8, 4) is 0 Å². The van der Waals surface area contributed by atoms with E-state index >= 15 is 0 Å². The summed E-state index contributed by atoms with van der Waals surface area (Å²) in [5.41, 5.74) is 4.72. The number of nitrogens with one attached hydrogen (secondary N) is 1. The van der Waals surface area contributed by atoms with Gasteiger partial charge in [-0.15, -0.1) is 0 Å². The van der Waals surface area contributed by atoms with Gasteiger partial charge in [0.25, 0.3) is 0 Å². The molecule has 5 nitrogen and oxygen atoms in total. The lowest BCUT2D eigenvalue weighted by atomic mass is 10.1. The Morgan fingerprint density at radius 1 is 1.13 bits per heavy atom. The number of benzene rings is 1. The van der Waals surface area contributed by atoms with Crippen LogP contribution in [0.3, 0.4) is 0 Å². The molecule has 2 aromatic rings. The third kappa shape index (κ3) is 2.56. The fourth-order valence-corrected chi connectivity index (χ4v) is 3.09. The van der Waals surface area contributed by atoms with E-state index in [9.17, 15) is 13.2 Å². The largest absolute Gasteiger partial charge is 0.383 e. The number of methoxy groups -OCH3 is 1. The summed E-state index contributed by atoms with van der Waals surface area (Å²) < 4.78 is 48.6. The van der Waals surface area contributed by atoms with Gasteiger partial charge in [0.1, 0.15) is 22.8 Å². The maximum atomic E-state index is 14.7. The van der Waals surface area contributed by atoms with Gasteiger partial charge in [0, 0.05) is 7.11 Å². The number of fused-ring (bicyclic) bond motifs is 1. The molecule has 8 heteroatoms. The minimum absolute atomic E-state index is 0.176. The van der Waals surface area contributed by atoms with E-state index in [-0.39, 0.29) is 29.3 Å². The highest BCUT2D eigenvalue weighted by atomic mass is 19.2. The lowest BCUT2D eigenvalue weighted by Gasteiger charge is -2.22. The van der Waals surface area contributed by atoms with Crippen molar-refractivity contribution in [3.63, 3.8) is 0 Å². The van der Waals surface area contributed by atoms with Crippen LogP contribution in [0.25, 0.3) is 10.9 Å². The lowest BCUT2D eigenvalue weighted by molar-refractivity contribution is 0.101. The topological polar surface area (TPSA) is 73.1 Å². The molecule has 1 heterocycles. The van der Waals surface area contributed by atoms with Crippen LogP contribution in [-0.2, 0) is 4.74 Å². The van der Waals surface area contributed by atoms with E-state index in [1.165, 1.54) is 14.0 Å². The van der Waals surface area contributed by atoms with Gasteiger partial charge < -0.3 is 15.8 Å². The summed E-state index contributed by atoms with van der Waals surface area (Å²) >= 11 is 0. The van der Waals surface area contributed by atoms with E-state index in [4.69, 9.17) is 10.5 Å². The Morgan fingerprint density at radius 2 is 1.87 bits per heavy atom. The van der Waals surface area contributed by atoms with Crippen molar-refractivity contribution in [2.75, 3.05) is 18.2 Å². The molecule has 0 spiro atoms. The van der Waals surface area contributed by atoms with Crippen molar-refractivity contribution < 1.29 is 17.9 Å². The fourth-order valence-electron chi connectivity index (χ4n) is 3.09. The normalized spacial score (nSPS) is 21.1. The second kappa shape index (κ2) is 5.84. The molecule has 0 amide bonds. The molecule has 1 aliphatic carbocycles. The Kier molecular flexibility index (Phi) is 4.01. The fraction of sp³-hybridized carbons (Fsp3) is 0.467. The molecule has 3 rings (SSSR count). The molecule has 1 aromatic heterocycles. The van der Waals surface area contributed by atoms with Gasteiger partial charge >= 0.3 is 0 Å². The van der Waals surface area contributed by atoms with Crippen LogP contribution in [0.5, 0.6) is 0 Å². The average Bonchev–Trinajstić information content (AvgIpc) is 2.96. The average molecular weight is 326 g/mol. The van der Waals surface area contributed by atoms with E-state index in [0.717, 1.165) is 12.8 Å². The van der Waals surface area contributed by atoms with Crippen molar-refractivity contribution >= 4 is 22.4 Å². The highest BCUT2D eigenvalue weighted by molar-refractivity contribution is 5.91. The Morgan fingerprint density at radius 3 is 2.57 bits per heavy atom. The first-order valence-corrected chi connectivity index (χ1v) is 7.33. The predicted octanol–water partition coefficient (Wildman–Crippen LogP) is 2.92. The molecule has 1 aromatic carbocycles. The molecule has 0 bridgehead atoms.